The lowest BCUT2D eigenvalue weighted by atomic mass is 10.1. The number of phenolic OH excluding ortho intramolecular Hbond substituents is 1. The van der Waals surface area contributed by atoms with Crippen molar-refractivity contribution in [1.82, 2.24) is 0 Å². The summed E-state index contributed by atoms with van der Waals surface area (Å²) in [7, 11) is 0. The van der Waals surface area contributed by atoms with E-state index in [1.54, 1.807) is 0 Å². The second-order valence-electron chi connectivity index (χ2n) is 4.23. The summed E-state index contributed by atoms with van der Waals surface area (Å²) in [6.45, 7) is 0. The molecule has 0 saturated carbocycles. The summed E-state index contributed by atoms with van der Waals surface area (Å²) in [5.74, 6) is -0.718. The van der Waals surface area contributed by atoms with Crippen LogP contribution in [0.25, 0.3) is 0 Å². The third kappa shape index (κ3) is 3.98. The molecule has 110 valence electrons. The Balaban J connectivity index is 2.27. The van der Waals surface area contributed by atoms with Crippen molar-refractivity contribution in [2.75, 3.05) is 5.32 Å². The minimum atomic E-state index is -4.51. The largest absolute Gasteiger partial charge is 0.508 e. The monoisotopic (exact) mass is 359 g/mol. The number of carbonyl (C=O) groups excluding carboxylic acids is 1. The van der Waals surface area contributed by atoms with Gasteiger partial charge in [-0.05, 0) is 36.4 Å². The van der Waals surface area contributed by atoms with Crippen LogP contribution in [0.1, 0.15) is 15.9 Å². The highest BCUT2D eigenvalue weighted by atomic mass is 79.9. The van der Waals surface area contributed by atoms with Gasteiger partial charge in [0.1, 0.15) is 5.75 Å². The molecule has 0 saturated heterocycles. The third-order valence-corrected chi connectivity index (χ3v) is 3.05. The third-order valence-electron chi connectivity index (χ3n) is 2.59. The number of alkyl halides is 3. The number of aromatic hydroxyl groups is 1. The molecule has 1 amide bonds. The maximum atomic E-state index is 12.7. The Hall–Kier alpha value is -2.02. The van der Waals surface area contributed by atoms with E-state index in [1.165, 1.54) is 30.3 Å². The minimum Gasteiger partial charge on any atom is -0.508 e. The summed E-state index contributed by atoms with van der Waals surface area (Å²) < 4.78 is 38.3. The first-order valence-electron chi connectivity index (χ1n) is 5.74. The number of halogens is 4. The Kier molecular flexibility index (Phi) is 4.22. The van der Waals surface area contributed by atoms with Gasteiger partial charge in [-0.2, -0.15) is 13.2 Å². The highest BCUT2D eigenvalue weighted by Gasteiger charge is 2.31. The van der Waals surface area contributed by atoms with Crippen molar-refractivity contribution in [3.63, 3.8) is 0 Å². The summed E-state index contributed by atoms with van der Waals surface area (Å²) in [5, 5.41) is 11.6. The number of hydrogen-bond donors (Lipinski definition) is 2. The molecule has 0 radical (unpaired) electrons. The topological polar surface area (TPSA) is 49.3 Å². The lowest BCUT2D eigenvalue weighted by Gasteiger charge is -2.11. The molecule has 0 aromatic heterocycles. The van der Waals surface area contributed by atoms with E-state index in [-0.39, 0.29) is 21.5 Å². The maximum absolute atomic E-state index is 12.7. The number of hydrogen-bond acceptors (Lipinski definition) is 2. The molecule has 2 aromatic carbocycles. The Morgan fingerprint density at radius 2 is 1.86 bits per heavy atom. The van der Waals surface area contributed by atoms with Gasteiger partial charge in [0, 0.05) is 15.7 Å². The van der Waals surface area contributed by atoms with E-state index < -0.39 is 17.6 Å². The smallest absolute Gasteiger partial charge is 0.416 e. The van der Waals surface area contributed by atoms with Gasteiger partial charge in [-0.15, -0.1) is 0 Å². The number of benzene rings is 2. The highest BCUT2D eigenvalue weighted by Crippen LogP contribution is 2.33. The standard InChI is InChI=1S/C14H9BrF3NO2/c15-10-5-9(14(16,17)18)6-11(7-10)19-13(21)8-2-1-3-12(20)4-8/h1-7,20H,(H,19,21). The number of phenols is 1. The lowest BCUT2D eigenvalue weighted by molar-refractivity contribution is -0.137. The van der Waals surface area contributed by atoms with E-state index in [4.69, 9.17) is 0 Å². The molecule has 0 aliphatic heterocycles. The average Bonchev–Trinajstić information content (AvgIpc) is 2.37. The first-order chi connectivity index (χ1) is 9.75. The number of anilines is 1. The van der Waals surface area contributed by atoms with Crippen molar-refractivity contribution in [2.24, 2.45) is 0 Å². The van der Waals surface area contributed by atoms with E-state index in [0.29, 0.717) is 0 Å². The molecule has 7 heteroatoms. The van der Waals surface area contributed by atoms with Crippen molar-refractivity contribution < 1.29 is 23.1 Å². The predicted molar refractivity (Wildman–Crippen MR) is 75.2 cm³/mol. The first kappa shape index (κ1) is 15.4. The quantitative estimate of drug-likeness (QED) is 0.833. The van der Waals surface area contributed by atoms with Crippen LogP contribution >= 0.6 is 15.9 Å². The summed E-state index contributed by atoms with van der Waals surface area (Å²) in [4.78, 5) is 11.9. The number of nitrogens with one attached hydrogen (secondary N) is 1. The molecule has 2 N–H and O–H groups in total. The molecule has 0 spiro atoms. The predicted octanol–water partition coefficient (Wildman–Crippen LogP) is 4.43. The van der Waals surface area contributed by atoms with Gasteiger partial charge in [0.05, 0.1) is 5.56 Å². The zero-order chi connectivity index (χ0) is 15.6. The average molecular weight is 360 g/mol. The SMILES string of the molecule is O=C(Nc1cc(Br)cc(C(F)(F)F)c1)c1cccc(O)c1. The van der Waals surface area contributed by atoms with Crippen LogP contribution in [0.15, 0.2) is 46.9 Å². The number of rotatable bonds is 2. The maximum Gasteiger partial charge on any atom is 0.416 e. The normalized spacial score (nSPS) is 11.2. The lowest BCUT2D eigenvalue weighted by Crippen LogP contribution is -2.13. The molecule has 2 aromatic rings. The Morgan fingerprint density at radius 1 is 1.14 bits per heavy atom. The fourth-order valence-electron chi connectivity index (χ4n) is 1.68. The highest BCUT2D eigenvalue weighted by molar-refractivity contribution is 9.10. The molecule has 0 aliphatic carbocycles. The first-order valence-corrected chi connectivity index (χ1v) is 6.53. The molecule has 0 atom stereocenters. The van der Waals surface area contributed by atoms with Gasteiger partial charge >= 0.3 is 6.18 Å². The van der Waals surface area contributed by atoms with E-state index in [0.717, 1.165) is 12.1 Å². The van der Waals surface area contributed by atoms with Gasteiger partial charge in [0.2, 0.25) is 0 Å². The molecular weight excluding hydrogens is 351 g/mol. The summed E-state index contributed by atoms with van der Waals surface area (Å²) >= 11 is 2.97. The number of amides is 1. The second kappa shape index (κ2) is 5.77. The van der Waals surface area contributed by atoms with Gasteiger partial charge < -0.3 is 10.4 Å². The zero-order valence-electron chi connectivity index (χ0n) is 10.4. The Labute approximate surface area is 126 Å². The summed E-state index contributed by atoms with van der Waals surface area (Å²) in [5.41, 5.74) is -0.725. The van der Waals surface area contributed by atoms with Crippen molar-refractivity contribution in [3.05, 3.63) is 58.1 Å². The Morgan fingerprint density at radius 3 is 2.48 bits per heavy atom. The van der Waals surface area contributed by atoms with Gasteiger partial charge in [-0.25, -0.2) is 0 Å². The van der Waals surface area contributed by atoms with Crippen molar-refractivity contribution >= 4 is 27.5 Å². The van der Waals surface area contributed by atoms with Crippen LogP contribution in [0.3, 0.4) is 0 Å². The fourth-order valence-corrected chi connectivity index (χ4v) is 2.17. The number of carbonyl (C=O) groups is 1. The molecule has 0 bridgehead atoms. The van der Waals surface area contributed by atoms with E-state index in [9.17, 15) is 23.1 Å². The van der Waals surface area contributed by atoms with Crippen LogP contribution in [0.4, 0.5) is 18.9 Å². The van der Waals surface area contributed by atoms with Crippen LogP contribution in [0.5, 0.6) is 5.75 Å². The molecular formula is C14H9BrF3NO2. The van der Waals surface area contributed by atoms with Crippen LogP contribution in [-0.2, 0) is 6.18 Å². The van der Waals surface area contributed by atoms with Gasteiger partial charge in [0.15, 0.2) is 0 Å². The van der Waals surface area contributed by atoms with Gasteiger partial charge in [0.25, 0.3) is 5.91 Å². The van der Waals surface area contributed by atoms with Crippen molar-refractivity contribution in [2.45, 2.75) is 6.18 Å². The van der Waals surface area contributed by atoms with Crippen LogP contribution in [0, 0.1) is 0 Å². The van der Waals surface area contributed by atoms with Crippen LogP contribution in [-0.4, -0.2) is 11.0 Å². The van der Waals surface area contributed by atoms with Crippen molar-refractivity contribution in [3.8, 4) is 5.75 Å². The molecule has 0 heterocycles. The molecule has 21 heavy (non-hydrogen) atoms. The summed E-state index contributed by atoms with van der Waals surface area (Å²) in [6, 6.07) is 8.63. The van der Waals surface area contributed by atoms with Gasteiger partial charge in [-0.3, -0.25) is 4.79 Å². The Bertz CT molecular complexity index is 686. The molecule has 0 aliphatic rings. The van der Waals surface area contributed by atoms with E-state index >= 15 is 0 Å². The molecule has 0 unspecified atom stereocenters. The van der Waals surface area contributed by atoms with E-state index in [2.05, 4.69) is 21.2 Å². The van der Waals surface area contributed by atoms with Crippen molar-refractivity contribution in [1.29, 1.82) is 0 Å². The van der Waals surface area contributed by atoms with E-state index in [1.807, 2.05) is 0 Å². The molecule has 3 nitrogen and oxygen atoms in total. The minimum absolute atomic E-state index is 0.00467. The summed E-state index contributed by atoms with van der Waals surface area (Å²) in [6.07, 6.45) is -4.51. The van der Waals surface area contributed by atoms with Crippen LogP contribution in [0.2, 0.25) is 0 Å². The molecule has 2 rings (SSSR count). The zero-order valence-corrected chi connectivity index (χ0v) is 12.0. The second-order valence-corrected chi connectivity index (χ2v) is 5.15. The molecule has 0 fully saturated rings. The van der Waals surface area contributed by atoms with Gasteiger partial charge in [-0.1, -0.05) is 22.0 Å². The van der Waals surface area contributed by atoms with Crippen LogP contribution < -0.4 is 5.32 Å². The fraction of sp³-hybridized carbons (Fsp3) is 0.0714.